The van der Waals surface area contributed by atoms with Crippen molar-refractivity contribution >= 4 is 22.9 Å². The molecule has 0 unspecified atom stereocenters. The van der Waals surface area contributed by atoms with Crippen molar-refractivity contribution < 1.29 is 4.79 Å². The second-order valence-electron chi connectivity index (χ2n) is 2.68. The number of rotatable bonds is 3. The molecular formula is C8H10N2OS. The zero-order valence-corrected chi connectivity index (χ0v) is 7.89. The van der Waals surface area contributed by atoms with E-state index in [-0.39, 0.29) is 0 Å². The van der Waals surface area contributed by atoms with Crippen LogP contribution in [0.25, 0.3) is 5.57 Å². The van der Waals surface area contributed by atoms with Gasteiger partial charge < -0.3 is 4.90 Å². The summed E-state index contributed by atoms with van der Waals surface area (Å²) >= 11 is 1.46. The minimum Gasteiger partial charge on any atom is -0.304 e. The summed E-state index contributed by atoms with van der Waals surface area (Å²) in [6, 6.07) is 0. The van der Waals surface area contributed by atoms with Crippen molar-refractivity contribution in [2.75, 3.05) is 20.6 Å². The van der Waals surface area contributed by atoms with Gasteiger partial charge in [-0.25, -0.2) is 4.79 Å². The van der Waals surface area contributed by atoms with Gasteiger partial charge >= 0.3 is 0 Å². The van der Waals surface area contributed by atoms with Crippen LogP contribution >= 0.6 is 11.3 Å². The van der Waals surface area contributed by atoms with Crippen LogP contribution in [0.5, 0.6) is 0 Å². The number of thiazole rings is 1. The van der Waals surface area contributed by atoms with E-state index in [4.69, 9.17) is 0 Å². The first-order valence-electron chi connectivity index (χ1n) is 3.51. The van der Waals surface area contributed by atoms with E-state index >= 15 is 0 Å². The summed E-state index contributed by atoms with van der Waals surface area (Å²) in [7, 11) is 3.83. The van der Waals surface area contributed by atoms with Gasteiger partial charge in [-0.2, -0.15) is 0 Å². The lowest BCUT2D eigenvalue weighted by Gasteiger charge is -2.07. The van der Waals surface area contributed by atoms with Crippen LogP contribution in [0.4, 0.5) is 0 Å². The molecule has 1 heterocycles. The topological polar surface area (TPSA) is 33.2 Å². The number of hydrogen-bond donors (Lipinski definition) is 0. The third kappa shape index (κ3) is 2.27. The van der Waals surface area contributed by atoms with Crippen LogP contribution in [0, 0.1) is 0 Å². The molecule has 0 atom stereocenters. The van der Waals surface area contributed by atoms with Crippen molar-refractivity contribution in [3.8, 4) is 0 Å². The van der Waals surface area contributed by atoms with Gasteiger partial charge in [0.2, 0.25) is 0 Å². The molecule has 1 rings (SSSR count). The van der Waals surface area contributed by atoms with Gasteiger partial charge in [0.1, 0.15) is 5.94 Å². The molecule has 64 valence electrons. The summed E-state index contributed by atoms with van der Waals surface area (Å²) < 4.78 is 0. The summed E-state index contributed by atoms with van der Waals surface area (Å²) in [5.74, 6) is 1.93. The Labute approximate surface area is 75.3 Å². The van der Waals surface area contributed by atoms with Gasteiger partial charge in [0.15, 0.2) is 0 Å². The Hall–Kier alpha value is -0.960. The molecule has 0 saturated heterocycles. The summed E-state index contributed by atoms with van der Waals surface area (Å²) in [4.78, 5) is 17.3. The Morgan fingerprint density at radius 1 is 1.75 bits per heavy atom. The SMILES string of the molecule is CN(C)CC(=C=O)c1cncs1. The molecule has 0 aliphatic rings. The fraction of sp³-hybridized carbons (Fsp3) is 0.375. The highest BCUT2D eigenvalue weighted by Gasteiger charge is 2.05. The van der Waals surface area contributed by atoms with Gasteiger partial charge in [0.05, 0.1) is 16.0 Å². The molecule has 0 N–H and O–H groups in total. The lowest BCUT2D eigenvalue weighted by atomic mass is 10.2. The molecule has 1 aromatic heterocycles. The van der Waals surface area contributed by atoms with Crippen molar-refractivity contribution in [1.82, 2.24) is 9.88 Å². The third-order valence-electron chi connectivity index (χ3n) is 1.33. The average Bonchev–Trinajstić information content (AvgIpc) is 2.51. The van der Waals surface area contributed by atoms with Gasteiger partial charge in [-0.1, -0.05) is 0 Å². The van der Waals surface area contributed by atoms with Crippen LogP contribution in [0.15, 0.2) is 11.7 Å². The van der Waals surface area contributed by atoms with Crippen molar-refractivity contribution in [3.63, 3.8) is 0 Å². The van der Waals surface area contributed by atoms with Crippen LogP contribution in [0.3, 0.4) is 0 Å². The molecular weight excluding hydrogens is 172 g/mol. The van der Waals surface area contributed by atoms with E-state index in [1.54, 1.807) is 11.7 Å². The predicted molar refractivity (Wildman–Crippen MR) is 49.8 cm³/mol. The molecule has 3 nitrogen and oxygen atoms in total. The largest absolute Gasteiger partial charge is 0.304 e. The van der Waals surface area contributed by atoms with Crippen LogP contribution in [-0.2, 0) is 4.79 Å². The summed E-state index contributed by atoms with van der Waals surface area (Å²) in [6.45, 7) is 0.617. The normalized spacial score (nSPS) is 9.92. The van der Waals surface area contributed by atoms with Gasteiger partial charge in [-0.05, 0) is 14.1 Å². The standard InChI is InChI=1S/C8H10N2OS/c1-10(2)4-7(5-11)8-3-9-6-12-8/h3,6H,4H2,1-2H3. The second kappa shape index (κ2) is 4.16. The van der Waals surface area contributed by atoms with Gasteiger partial charge in [-0.15, -0.1) is 11.3 Å². The predicted octanol–water partition coefficient (Wildman–Crippen LogP) is 0.920. The van der Waals surface area contributed by atoms with Gasteiger partial charge in [0.25, 0.3) is 0 Å². The van der Waals surface area contributed by atoms with Crippen molar-refractivity contribution in [2.24, 2.45) is 0 Å². The Morgan fingerprint density at radius 3 is 2.92 bits per heavy atom. The molecule has 0 aliphatic heterocycles. The maximum atomic E-state index is 10.5. The molecule has 0 aromatic carbocycles. The van der Waals surface area contributed by atoms with E-state index in [1.807, 2.05) is 24.9 Å². The number of nitrogens with zero attached hydrogens (tertiary/aromatic N) is 2. The van der Waals surface area contributed by atoms with Crippen molar-refractivity contribution in [2.45, 2.75) is 0 Å². The molecule has 0 saturated carbocycles. The fourth-order valence-corrected chi connectivity index (χ4v) is 1.45. The Kier molecular flexibility index (Phi) is 3.17. The van der Waals surface area contributed by atoms with Crippen molar-refractivity contribution in [3.05, 3.63) is 16.6 Å². The Balaban J connectivity index is 2.79. The van der Waals surface area contributed by atoms with Gasteiger partial charge in [0, 0.05) is 12.7 Å². The minimum absolute atomic E-state index is 0.617. The summed E-state index contributed by atoms with van der Waals surface area (Å²) in [5.41, 5.74) is 2.38. The first-order chi connectivity index (χ1) is 5.74. The monoisotopic (exact) mass is 182 g/mol. The molecule has 0 bridgehead atoms. The fourth-order valence-electron chi connectivity index (χ4n) is 0.842. The average molecular weight is 182 g/mol. The molecule has 4 heteroatoms. The van der Waals surface area contributed by atoms with E-state index in [2.05, 4.69) is 4.98 Å². The summed E-state index contributed by atoms with van der Waals surface area (Å²) in [5, 5.41) is 0. The quantitative estimate of drug-likeness (QED) is 0.652. The molecule has 0 fully saturated rings. The van der Waals surface area contributed by atoms with Crippen molar-refractivity contribution in [1.29, 1.82) is 0 Å². The number of likely N-dealkylation sites (N-methyl/N-ethyl adjacent to an activating group) is 1. The third-order valence-corrected chi connectivity index (χ3v) is 2.16. The highest BCUT2D eigenvalue weighted by molar-refractivity contribution is 7.10. The minimum atomic E-state index is 0.617. The first kappa shape index (κ1) is 9.13. The smallest absolute Gasteiger partial charge is 0.130 e. The van der Waals surface area contributed by atoms with Crippen LogP contribution in [0.1, 0.15) is 4.88 Å². The highest BCUT2D eigenvalue weighted by Crippen LogP contribution is 2.15. The van der Waals surface area contributed by atoms with Gasteiger partial charge in [-0.3, -0.25) is 4.98 Å². The van der Waals surface area contributed by atoms with E-state index in [0.29, 0.717) is 12.1 Å². The van der Waals surface area contributed by atoms with Crippen LogP contribution in [-0.4, -0.2) is 36.5 Å². The first-order valence-corrected chi connectivity index (χ1v) is 4.39. The molecule has 0 amide bonds. The Morgan fingerprint density at radius 2 is 2.50 bits per heavy atom. The van der Waals surface area contributed by atoms with E-state index < -0.39 is 0 Å². The summed E-state index contributed by atoms with van der Waals surface area (Å²) in [6.07, 6.45) is 1.69. The molecule has 0 radical (unpaired) electrons. The van der Waals surface area contributed by atoms with Crippen LogP contribution < -0.4 is 0 Å². The zero-order valence-electron chi connectivity index (χ0n) is 7.07. The Bertz CT molecular complexity index is 286. The molecule has 12 heavy (non-hydrogen) atoms. The molecule has 1 aromatic rings. The van der Waals surface area contributed by atoms with E-state index in [0.717, 1.165) is 4.88 Å². The maximum absolute atomic E-state index is 10.5. The lowest BCUT2D eigenvalue weighted by Crippen LogP contribution is -2.14. The lowest BCUT2D eigenvalue weighted by molar-refractivity contribution is 0.463. The van der Waals surface area contributed by atoms with E-state index in [9.17, 15) is 4.79 Å². The molecule has 0 spiro atoms. The highest BCUT2D eigenvalue weighted by atomic mass is 32.1. The zero-order chi connectivity index (χ0) is 8.97. The number of aromatic nitrogens is 1. The molecule has 0 aliphatic carbocycles. The van der Waals surface area contributed by atoms with E-state index in [1.165, 1.54) is 11.3 Å². The maximum Gasteiger partial charge on any atom is 0.130 e. The number of hydrogen-bond acceptors (Lipinski definition) is 4. The van der Waals surface area contributed by atoms with Crippen LogP contribution in [0.2, 0.25) is 0 Å². The second-order valence-corrected chi connectivity index (χ2v) is 3.57. The number of carbonyl (C=O) groups excluding carboxylic acids is 1.